The van der Waals surface area contributed by atoms with E-state index in [9.17, 15) is 18.0 Å². The molecule has 166 valence electrons. The highest BCUT2D eigenvalue weighted by molar-refractivity contribution is 7.89. The number of carbonyl (C=O) groups is 2. The molecule has 0 saturated carbocycles. The number of benzene rings is 1. The normalized spacial score (nSPS) is 20.2. The van der Waals surface area contributed by atoms with E-state index in [1.165, 1.54) is 10.4 Å². The summed E-state index contributed by atoms with van der Waals surface area (Å²) in [7, 11) is -3.69. The number of nitrogens with zero attached hydrogens (tertiary/aromatic N) is 2. The van der Waals surface area contributed by atoms with Gasteiger partial charge in [-0.2, -0.15) is 4.31 Å². The van der Waals surface area contributed by atoms with E-state index in [2.05, 4.69) is 15.5 Å². The van der Waals surface area contributed by atoms with E-state index in [0.717, 1.165) is 44.5 Å². The Morgan fingerprint density at radius 1 is 1.17 bits per heavy atom. The molecule has 30 heavy (non-hydrogen) atoms. The van der Waals surface area contributed by atoms with Crippen LogP contribution in [-0.2, 0) is 14.8 Å². The number of hydrogen-bond donors (Lipinski definition) is 2. The van der Waals surface area contributed by atoms with Crippen LogP contribution in [0.15, 0.2) is 23.1 Å². The third-order valence-electron chi connectivity index (χ3n) is 5.84. The maximum atomic E-state index is 13.2. The molecule has 1 atom stereocenters. The van der Waals surface area contributed by atoms with Gasteiger partial charge in [0.1, 0.15) is 6.04 Å². The van der Waals surface area contributed by atoms with Crippen molar-refractivity contribution in [2.24, 2.45) is 0 Å². The van der Waals surface area contributed by atoms with Crippen molar-refractivity contribution in [2.45, 2.75) is 56.9 Å². The first-order valence-electron chi connectivity index (χ1n) is 10.9. The number of hydrogen-bond acceptors (Lipinski definition) is 5. The molecule has 0 aromatic heterocycles. The number of amides is 2. The van der Waals surface area contributed by atoms with Crippen LogP contribution in [0.3, 0.4) is 0 Å². The molecule has 0 spiro atoms. The van der Waals surface area contributed by atoms with Gasteiger partial charge in [0.2, 0.25) is 15.9 Å². The van der Waals surface area contributed by atoms with E-state index in [0.29, 0.717) is 31.6 Å². The van der Waals surface area contributed by atoms with Gasteiger partial charge in [0.05, 0.1) is 10.5 Å². The number of rotatable bonds is 7. The zero-order valence-electron chi connectivity index (χ0n) is 17.8. The van der Waals surface area contributed by atoms with E-state index in [1.54, 1.807) is 26.0 Å². The Morgan fingerprint density at radius 2 is 1.87 bits per heavy atom. The van der Waals surface area contributed by atoms with Crippen LogP contribution in [0.25, 0.3) is 0 Å². The summed E-state index contributed by atoms with van der Waals surface area (Å²) in [6, 6.07) is 4.17. The van der Waals surface area contributed by atoms with Gasteiger partial charge in [0.25, 0.3) is 5.91 Å². The Labute approximate surface area is 179 Å². The van der Waals surface area contributed by atoms with Gasteiger partial charge in [0.15, 0.2) is 0 Å². The molecule has 2 aliphatic heterocycles. The molecular weight excluding hydrogens is 404 g/mol. The van der Waals surface area contributed by atoms with Crippen LogP contribution in [0.1, 0.15) is 56.3 Å². The van der Waals surface area contributed by atoms with Crippen molar-refractivity contribution in [2.75, 3.05) is 37.6 Å². The minimum Gasteiger partial charge on any atom is -0.371 e. The summed E-state index contributed by atoms with van der Waals surface area (Å²) in [4.78, 5) is 27.7. The minimum atomic E-state index is -3.69. The van der Waals surface area contributed by atoms with Crippen molar-refractivity contribution in [3.63, 3.8) is 0 Å². The predicted molar refractivity (Wildman–Crippen MR) is 116 cm³/mol. The summed E-state index contributed by atoms with van der Waals surface area (Å²) in [5.74, 6) is -0.592. The molecule has 2 saturated heterocycles. The van der Waals surface area contributed by atoms with Crippen LogP contribution in [0, 0.1) is 0 Å². The molecular formula is C21H32N4O4S. The highest BCUT2D eigenvalue weighted by atomic mass is 32.2. The largest absolute Gasteiger partial charge is 0.371 e. The second-order valence-electron chi connectivity index (χ2n) is 7.78. The second-order valence-corrected chi connectivity index (χ2v) is 9.71. The fraction of sp³-hybridized carbons (Fsp3) is 0.619. The van der Waals surface area contributed by atoms with Gasteiger partial charge in [-0.1, -0.05) is 13.8 Å². The molecule has 2 heterocycles. The summed E-state index contributed by atoms with van der Waals surface area (Å²) in [6.45, 7) is 6.56. The van der Waals surface area contributed by atoms with Crippen LogP contribution < -0.4 is 15.5 Å². The van der Waals surface area contributed by atoms with Crippen LogP contribution in [0.2, 0.25) is 0 Å². The molecule has 1 aromatic carbocycles. The lowest BCUT2D eigenvalue weighted by atomic mass is 10.1. The van der Waals surface area contributed by atoms with Gasteiger partial charge >= 0.3 is 0 Å². The van der Waals surface area contributed by atoms with E-state index >= 15 is 0 Å². The lowest BCUT2D eigenvalue weighted by Gasteiger charge is -2.24. The summed E-state index contributed by atoms with van der Waals surface area (Å²) in [6.07, 6.45) is 4.37. The third kappa shape index (κ3) is 4.78. The monoisotopic (exact) mass is 436 g/mol. The van der Waals surface area contributed by atoms with Crippen molar-refractivity contribution in [1.82, 2.24) is 14.9 Å². The average Bonchev–Trinajstić information content (AvgIpc) is 3.19. The molecule has 2 amide bonds. The number of anilines is 1. The third-order valence-corrected chi connectivity index (χ3v) is 7.89. The molecule has 8 nitrogen and oxygen atoms in total. The van der Waals surface area contributed by atoms with Crippen LogP contribution in [0.5, 0.6) is 0 Å². The number of nitrogens with one attached hydrogen (secondary N) is 2. The van der Waals surface area contributed by atoms with E-state index < -0.39 is 22.0 Å². The topological polar surface area (TPSA) is 98.8 Å². The van der Waals surface area contributed by atoms with Crippen molar-refractivity contribution >= 4 is 27.5 Å². The molecule has 0 aliphatic carbocycles. The average molecular weight is 437 g/mol. The Bertz CT molecular complexity index is 877. The molecule has 2 N–H and O–H groups in total. The lowest BCUT2D eigenvalue weighted by molar-refractivity contribution is -0.122. The molecule has 0 bridgehead atoms. The molecule has 0 radical (unpaired) electrons. The maximum Gasteiger partial charge on any atom is 0.254 e. The highest BCUT2D eigenvalue weighted by Gasteiger charge is 2.29. The first-order valence-corrected chi connectivity index (χ1v) is 12.3. The first kappa shape index (κ1) is 22.6. The van der Waals surface area contributed by atoms with Crippen LogP contribution in [0.4, 0.5) is 5.69 Å². The Balaban J connectivity index is 1.96. The minimum absolute atomic E-state index is 0.101. The van der Waals surface area contributed by atoms with Gasteiger partial charge in [-0.3, -0.25) is 9.59 Å². The smallest absolute Gasteiger partial charge is 0.254 e. The zero-order valence-corrected chi connectivity index (χ0v) is 18.6. The van der Waals surface area contributed by atoms with Crippen molar-refractivity contribution < 1.29 is 18.0 Å². The SMILES string of the molecule is CCN(CC)S(=O)(=O)c1ccc(N2CCCC2)c(C(=O)NC2CCCCNC2=O)c1. The molecule has 1 unspecified atom stereocenters. The molecule has 1 aromatic rings. The van der Waals surface area contributed by atoms with Gasteiger partial charge in [-0.25, -0.2) is 8.42 Å². The molecule has 2 aliphatic rings. The van der Waals surface area contributed by atoms with Gasteiger partial charge in [-0.15, -0.1) is 0 Å². The summed E-state index contributed by atoms with van der Waals surface area (Å²) in [5.41, 5.74) is 1.03. The molecule has 2 fully saturated rings. The Morgan fingerprint density at radius 3 is 2.53 bits per heavy atom. The Kier molecular flexibility index (Phi) is 7.36. The van der Waals surface area contributed by atoms with Gasteiger partial charge in [-0.05, 0) is 50.3 Å². The first-order chi connectivity index (χ1) is 14.4. The summed E-state index contributed by atoms with van der Waals surface area (Å²) in [5, 5.41) is 5.66. The molecule has 9 heteroatoms. The fourth-order valence-electron chi connectivity index (χ4n) is 4.12. The van der Waals surface area contributed by atoms with Crippen LogP contribution in [-0.4, -0.2) is 63.3 Å². The fourth-order valence-corrected chi connectivity index (χ4v) is 5.60. The highest BCUT2D eigenvalue weighted by Crippen LogP contribution is 2.29. The maximum absolute atomic E-state index is 13.2. The predicted octanol–water partition coefficient (Wildman–Crippen LogP) is 1.72. The number of carbonyl (C=O) groups excluding carboxylic acids is 2. The summed E-state index contributed by atoms with van der Waals surface area (Å²) < 4.78 is 27.4. The van der Waals surface area contributed by atoms with Crippen molar-refractivity contribution in [1.29, 1.82) is 0 Å². The lowest BCUT2D eigenvalue weighted by Crippen LogP contribution is -2.45. The Hall–Kier alpha value is -2.13. The quantitative estimate of drug-likeness (QED) is 0.678. The van der Waals surface area contributed by atoms with E-state index in [4.69, 9.17) is 0 Å². The van der Waals surface area contributed by atoms with Gasteiger partial charge < -0.3 is 15.5 Å². The second kappa shape index (κ2) is 9.78. The standard InChI is InChI=1S/C21H32N4O4S/c1-3-25(4-2)30(28,29)16-10-11-19(24-13-7-8-14-24)17(15-16)20(26)23-18-9-5-6-12-22-21(18)27/h10-11,15,18H,3-9,12-14H2,1-2H3,(H,22,27)(H,23,26). The van der Waals surface area contributed by atoms with Crippen molar-refractivity contribution in [3.05, 3.63) is 23.8 Å². The number of sulfonamides is 1. The summed E-state index contributed by atoms with van der Waals surface area (Å²) >= 11 is 0. The van der Waals surface area contributed by atoms with E-state index in [-0.39, 0.29) is 10.8 Å². The van der Waals surface area contributed by atoms with Crippen molar-refractivity contribution in [3.8, 4) is 0 Å². The van der Waals surface area contributed by atoms with Crippen LogP contribution >= 0.6 is 0 Å². The molecule has 3 rings (SSSR count). The van der Waals surface area contributed by atoms with E-state index in [1.807, 2.05) is 0 Å². The zero-order chi connectivity index (χ0) is 21.7. The van der Waals surface area contributed by atoms with Gasteiger partial charge in [0, 0.05) is 38.4 Å².